The van der Waals surface area contributed by atoms with E-state index in [-0.39, 0.29) is 12.2 Å². The van der Waals surface area contributed by atoms with Crippen LogP contribution >= 0.6 is 0 Å². The van der Waals surface area contributed by atoms with Crippen LogP contribution < -0.4 is 10.1 Å². The zero-order chi connectivity index (χ0) is 27.6. The zero-order valence-electron chi connectivity index (χ0n) is 22.1. The summed E-state index contributed by atoms with van der Waals surface area (Å²) in [6, 6.07) is 25.2. The topological polar surface area (TPSA) is 102 Å². The summed E-state index contributed by atoms with van der Waals surface area (Å²) in [5.41, 5.74) is 3.76. The molecule has 1 heterocycles. The summed E-state index contributed by atoms with van der Waals surface area (Å²) in [5, 5.41) is 12.8. The van der Waals surface area contributed by atoms with E-state index >= 15 is 0 Å². The van der Waals surface area contributed by atoms with Crippen LogP contribution in [-0.4, -0.2) is 34.5 Å². The van der Waals surface area contributed by atoms with Gasteiger partial charge in [-0.2, -0.15) is 0 Å². The van der Waals surface area contributed by atoms with Gasteiger partial charge in [0.15, 0.2) is 5.78 Å². The van der Waals surface area contributed by atoms with Gasteiger partial charge in [-0.25, -0.2) is 9.78 Å². The lowest BCUT2D eigenvalue weighted by Crippen LogP contribution is -2.38. The van der Waals surface area contributed by atoms with Crippen LogP contribution in [0.5, 0.6) is 5.75 Å². The van der Waals surface area contributed by atoms with E-state index in [1.54, 1.807) is 24.3 Å². The van der Waals surface area contributed by atoms with Crippen LogP contribution in [0.4, 0.5) is 0 Å². The van der Waals surface area contributed by atoms with Gasteiger partial charge in [0.05, 0.1) is 12.3 Å². The van der Waals surface area contributed by atoms with E-state index in [1.807, 2.05) is 74.5 Å². The van der Waals surface area contributed by atoms with Crippen LogP contribution in [0.1, 0.15) is 40.7 Å². The average molecular weight is 525 g/mol. The second kappa shape index (κ2) is 13.2. The van der Waals surface area contributed by atoms with E-state index < -0.39 is 12.0 Å². The summed E-state index contributed by atoms with van der Waals surface area (Å²) < 4.78 is 11.7. The highest BCUT2D eigenvalue weighted by Gasteiger charge is 2.19. The largest absolute Gasteiger partial charge is 0.493 e. The number of rotatable bonds is 13. The first-order chi connectivity index (χ1) is 18.9. The van der Waals surface area contributed by atoms with Crippen molar-refractivity contribution in [3.05, 3.63) is 119 Å². The van der Waals surface area contributed by atoms with E-state index in [4.69, 9.17) is 9.15 Å². The molecular formula is C32H32N2O5. The smallest absolute Gasteiger partial charge is 0.326 e. The van der Waals surface area contributed by atoms with Gasteiger partial charge >= 0.3 is 5.97 Å². The minimum Gasteiger partial charge on any atom is -0.493 e. The third-order valence-corrected chi connectivity index (χ3v) is 6.29. The molecule has 0 bridgehead atoms. The fourth-order valence-electron chi connectivity index (χ4n) is 4.10. The number of nitrogens with one attached hydrogen (secondary N) is 1. The van der Waals surface area contributed by atoms with Gasteiger partial charge in [-0.1, -0.05) is 67.6 Å². The number of allylic oxidation sites excluding steroid dienone is 2. The standard InChI is InChI=1S/C32H32N2O5/c1-3-26(21-30(35)24-10-6-4-7-11-24)33-29(32(36)37)20-23-14-16-27(17-15-23)38-19-18-28-22(2)39-31(34-28)25-12-8-5-9-13-25/h4-17,21,29,33H,3,18-20H2,1-2H3,(H,36,37)/b26-21-. The molecule has 0 aliphatic rings. The van der Waals surface area contributed by atoms with Crippen LogP contribution in [0, 0.1) is 6.92 Å². The number of benzene rings is 3. The molecule has 4 rings (SSSR count). The Morgan fingerprint density at radius 2 is 1.67 bits per heavy atom. The maximum absolute atomic E-state index is 12.5. The number of carbonyl (C=O) groups is 2. The van der Waals surface area contributed by atoms with Gasteiger partial charge in [0.25, 0.3) is 0 Å². The van der Waals surface area contributed by atoms with Gasteiger partial charge in [-0.05, 0) is 43.2 Å². The van der Waals surface area contributed by atoms with Crippen molar-refractivity contribution in [3.63, 3.8) is 0 Å². The van der Waals surface area contributed by atoms with Gasteiger partial charge < -0.3 is 19.6 Å². The SMILES string of the molecule is CC/C(=C/C(=O)c1ccccc1)NC(Cc1ccc(OCCc2nc(-c3ccccc3)oc2C)cc1)C(=O)O. The maximum atomic E-state index is 12.5. The van der Waals surface area contributed by atoms with Crippen LogP contribution in [0.25, 0.3) is 11.5 Å². The summed E-state index contributed by atoms with van der Waals surface area (Å²) in [4.78, 5) is 29.1. The second-order valence-electron chi connectivity index (χ2n) is 9.12. The van der Waals surface area contributed by atoms with Crippen molar-refractivity contribution in [1.29, 1.82) is 0 Å². The van der Waals surface area contributed by atoms with E-state index in [1.165, 1.54) is 6.08 Å². The minimum absolute atomic E-state index is 0.164. The Labute approximate surface area is 228 Å². The first kappa shape index (κ1) is 27.4. The second-order valence-corrected chi connectivity index (χ2v) is 9.12. The number of ether oxygens (including phenoxy) is 1. The summed E-state index contributed by atoms with van der Waals surface area (Å²) >= 11 is 0. The zero-order valence-corrected chi connectivity index (χ0v) is 22.1. The first-order valence-corrected chi connectivity index (χ1v) is 13.0. The van der Waals surface area contributed by atoms with Crippen LogP contribution in [0.2, 0.25) is 0 Å². The number of aromatic nitrogens is 1. The van der Waals surface area contributed by atoms with E-state index in [0.717, 1.165) is 22.6 Å². The minimum atomic E-state index is -0.986. The van der Waals surface area contributed by atoms with Gasteiger partial charge in [-0.15, -0.1) is 0 Å². The monoisotopic (exact) mass is 524 g/mol. The normalized spacial score (nSPS) is 12.1. The van der Waals surface area contributed by atoms with Crippen LogP contribution in [0.15, 0.2) is 101 Å². The Morgan fingerprint density at radius 3 is 2.31 bits per heavy atom. The number of aliphatic carboxylic acids is 1. The Kier molecular flexibility index (Phi) is 9.29. The summed E-state index contributed by atoms with van der Waals surface area (Å²) in [5.74, 6) is 0.901. The Hall–Kier alpha value is -4.65. The summed E-state index contributed by atoms with van der Waals surface area (Å²) in [6.07, 6.45) is 2.84. The maximum Gasteiger partial charge on any atom is 0.326 e. The predicted octanol–water partition coefficient (Wildman–Crippen LogP) is 6.03. The lowest BCUT2D eigenvalue weighted by molar-refractivity contribution is -0.139. The number of ketones is 1. The van der Waals surface area contributed by atoms with Crippen molar-refractivity contribution < 1.29 is 23.8 Å². The molecule has 0 fully saturated rings. The van der Waals surface area contributed by atoms with Crippen molar-refractivity contribution in [2.24, 2.45) is 0 Å². The number of nitrogens with zero attached hydrogens (tertiary/aromatic N) is 1. The molecule has 2 N–H and O–H groups in total. The van der Waals surface area contributed by atoms with Crippen LogP contribution in [0.3, 0.4) is 0 Å². The number of aryl methyl sites for hydroxylation is 1. The number of hydrogen-bond acceptors (Lipinski definition) is 6. The molecule has 1 atom stereocenters. The average Bonchev–Trinajstić information content (AvgIpc) is 3.34. The molecule has 7 nitrogen and oxygen atoms in total. The van der Waals surface area contributed by atoms with Gasteiger partial charge in [0, 0.05) is 35.7 Å². The Morgan fingerprint density at radius 1 is 1.00 bits per heavy atom. The first-order valence-electron chi connectivity index (χ1n) is 13.0. The lowest BCUT2D eigenvalue weighted by atomic mass is 10.0. The molecule has 0 spiro atoms. The van der Waals surface area contributed by atoms with Crippen molar-refractivity contribution >= 4 is 11.8 Å². The quantitative estimate of drug-likeness (QED) is 0.163. The molecule has 1 unspecified atom stereocenters. The van der Waals surface area contributed by atoms with Crippen molar-refractivity contribution in [1.82, 2.24) is 10.3 Å². The molecule has 0 aliphatic carbocycles. The highest BCUT2D eigenvalue weighted by atomic mass is 16.5. The van der Waals surface area contributed by atoms with E-state index in [2.05, 4.69) is 10.3 Å². The predicted molar refractivity (Wildman–Crippen MR) is 150 cm³/mol. The molecule has 0 amide bonds. The fraction of sp³-hybridized carbons (Fsp3) is 0.219. The van der Waals surface area contributed by atoms with Gasteiger partial charge in [0.2, 0.25) is 5.89 Å². The van der Waals surface area contributed by atoms with Crippen molar-refractivity contribution in [3.8, 4) is 17.2 Å². The summed E-state index contributed by atoms with van der Waals surface area (Å²) in [6.45, 7) is 4.21. The molecule has 200 valence electrons. The Balaban J connectivity index is 1.32. The third-order valence-electron chi connectivity index (χ3n) is 6.29. The highest BCUT2D eigenvalue weighted by Crippen LogP contribution is 2.22. The number of hydrogen-bond donors (Lipinski definition) is 2. The van der Waals surface area contributed by atoms with Gasteiger partial charge in [-0.3, -0.25) is 4.79 Å². The number of carbonyl (C=O) groups excluding carboxylic acids is 1. The molecule has 0 aliphatic heterocycles. The highest BCUT2D eigenvalue weighted by molar-refractivity contribution is 6.04. The molecular weight excluding hydrogens is 492 g/mol. The molecule has 0 radical (unpaired) electrons. The molecule has 1 aromatic heterocycles. The van der Waals surface area contributed by atoms with Gasteiger partial charge in [0.1, 0.15) is 17.6 Å². The summed E-state index contributed by atoms with van der Waals surface area (Å²) in [7, 11) is 0. The van der Waals surface area contributed by atoms with Crippen LogP contribution in [-0.2, 0) is 17.6 Å². The van der Waals surface area contributed by atoms with E-state index in [9.17, 15) is 14.7 Å². The van der Waals surface area contributed by atoms with Crippen molar-refractivity contribution in [2.75, 3.05) is 6.61 Å². The molecule has 0 saturated heterocycles. The fourth-order valence-corrected chi connectivity index (χ4v) is 4.10. The molecule has 3 aromatic carbocycles. The molecule has 7 heteroatoms. The molecule has 0 saturated carbocycles. The lowest BCUT2D eigenvalue weighted by Gasteiger charge is -2.18. The Bertz CT molecular complexity index is 1410. The number of carboxylic acids is 1. The number of carboxylic acid groups (broad SMARTS) is 1. The molecule has 4 aromatic rings. The molecule has 39 heavy (non-hydrogen) atoms. The van der Waals surface area contributed by atoms with Crippen molar-refractivity contribution in [2.45, 2.75) is 39.2 Å². The third kappa shape index (κ3) is 7.68. The number of oxazole rings is 1. The van der Waals surface area contributed by atoms with E-state index in [0.29, 0.717) is 42.3 Å².